The molecule has 0 saturated heterocycles. The van der Waals surface area contributed by atoms with E-state index in [2.05, 4.69) is 0 Å². The van der Waals surface area contributed by atoms with Crippen molar-refractivity contribution in [3.05, 3.63) is 52.5 Å². The van der Waals surface area contributed by atoms with Crippen molar-refractivity contribution in [3.8, 4) is 5.75 Å². The fourth-order valence-electron chi connectivity index (χ4n) is 1.31. The fourth-order valence-corrected chi connectivity index (χ4v) is 1.31. The summed E-state index contributed by atoms with van der Waals surface area (Å²) in [5.41, 5.74) is 5.94. The molecular formula is C11H10N2O4. The van der Waals surface area contributed by atoms with E-state index in [9.17, 15) is 10.1 Å². The number of nitrogens with two attached hydrogens (primary N) is 1. The van der Waals surface area contributed by atoms with E-state index in [1.54, 1.807) is 12.1 Å². The van der Waals surface area contributed by atoms with Gasteiger partial charge in [0.15, 0.2) is 0 Å². The standard InChI is InChI=1S/C11H10N2O4/c12-10-4-3-8(13(14)15)6-11(10)17-7-9-2-1-5-16-9/h1-6H,7,12H2. The Morgan fingerprint density at radius 1 is 1.41 bits per heavy atom. The van der Waals surface area contributed by atoms with Gasteiger partial charge in [-0.05, 0) is 18.2 Å². The average molecular weight is 234 g/mol. The molecule has 0 aliphatic rings. The Balaban J connectivity index is 2.14. The summed E-state index contributed by atoms with van der Waals surface area (Å²) in [5, 5.41) is 10.6. The van der Waals surface area contributed by atoms with Gasteiger partial charge in [0.05, 0.1) is 22.9 Å². The number of furan rings is 1. The molecule has 0 bridgehead atoms. The van der Waals surface area contributed by atoms with Gasteiger partial charge in [-0.2, -0.15) is 0 Å². The molecule has 2 rings (SSSR count). The van der Waals surface area contributed by atoms with Crippen LogP contribution in [0.25, 0.3) is 0 Å². The van der Waals surface area contributed by atoms with Gasteiger partial charge in [0.25, 0.3) is 5.69 Å². The molecule has 0 aliphatic carbocycles. The van der Waals surface area contributed by atoms with Crippen LogP contribution in [0.5, 0.6) is 5.75 Å². The third-order valence-corrected chi connectivity index (χ3v) is 2.16. The zero-order valence-corrected chi connectivity index (χ0v) is 8.83. The van der Waals surface area contributed by atoms with Crippen LogP contribution in [0.15, 0.2) is 41.0 Å². The lowest BCUT2D eigenvalue weighted by atomic mass is 10.2. The number of hydrogen-bond acceptors (Lipinski definition) is 5. The van der Waals surface area contributed by atoms with Crippen LogP contribution in [0.3, 0.4) is 0 Å². The zero-order valence-electron chi connectivity index (χ0n) is 8.83. The lowest BCUT2D eigenvalue weighted by molar-refractivity contribution is -0.384. The third-order valence-electron chi connectivity index (χ3n) is 2.16. The maximum Gasteiger partial charge on any atom is 0.273 e. The second kappa shape index (κ2) is 4.56. The number of hydrogen-bond donors (Lipinski definition) is 1. The largest absolute Gasteiger partial charge is 0.483 e. The Bertz CT molecular complexity index is 522. The summed E-state index contributed by atoms with van der Waals surface area (Å²) >= 11 is 0. The highest BCUT2D eigenvalue weighted by Crippen LogP contribution is 2.27. The van der Waals surface area contributed by atoms with Crippen molar-refractivity contribution >= 4 is 11.4 Å². The van der Waals surface area contributed by atoms with Crippen LogP contribution in [0.2, 0.25) is 0 Å². The minimum Gasteiger partial charge on any atom is -0.483 e. The van der Waals surface area contributed by atoms with Crippen molar-refractivity contribution < 1.29 is 14.1 Å². The molecule has 0 atom stereocenters. The number of nitro groups is 1. The number of nitrogen functional groups attached to an aromatic ring is 1. The van der Waals surface area contributed by atoms with Crippen molar-refractivity contribution in [1.82, 2.24) is 0 Å². The highest BCUT2D eigenvalue weighted by Gasteiger charge is 2.10. The molecule has 0 unspecified atom stereocenters. The Hall–Kier alpha value is -2.50. The summed E-state index contributed by atoms with van der Waals surface area (Å²) in [5.74, 6) is 0.895. The molecule has 17 heavy (non-hydrogen) atoms. The fraction of sp³-hybridized carbons (Fsp3) is 0.0909. The predicted octanol–water partition coefficient (Wildman–Crippen LogP) is 2.35. The summed E-state index contributed by atoms with van der Waals surface area (Å²) in [6.07, 6.45) is 1.52. The van der Waals surface area contributed by atoms with Crippen molar-refractivity contribution in [2.75, 3.05) is 5.73 Å². The van der Waals surface area contributed by atoms with Gasteiger partial charge in [-0.3, -0.25) is 10.1 Å². The number of rotatable bonds is 4. The monoisotopic (exact) mass is 234 g/mol. The van der Waals surface area contributed by atoms with E-state index < -0.39 is 4.92 Å². The Labute approximate surface area is 96.8 Å². The Morgan fingerprint density at radius 2 is 2.24 bits per heavy atom. The van der Waals surface area contributed by atoms with Crippen LogP contribution in [-0.2, 0) is 6.61 Å². The zero-order chi connectivity index (χ0) is 12.3. The number of nitro benzene ring substituents is 1. The molecule has 0 saturated carbocycles. The first-order chi connectivity index (χ1) is 8.16. The smallest absolute Gasteiger partial charge is 0.273 e. The molecule has 2 N–H and O–H groups in total. The van der Waals surface area contributed by atoms with Gasteiger partial charge in [-0.1, -0.05) is 0 Å². The molecule has 1 aromatic carbocycles. The molecule has 0 amide bonds. The van der Waals surface area contributed by atoms with Gasteiger partial charge in [0.1, 0.15) is 18.1 Å². The van der Waals surface area contributed by atoms with E-state index in [1.165, 1.54) is 24.5 Å². The van der Waals surface area contributed by atoms with Crippen LogP contribution >= 0.6 is 0 Å². The highest BCUT2D eigenvalue weighted by molar-refractivity contribution is 5.57. The Morgan fingerprint density at radius 3 is 2.88 bits per heavy atom. The summed E-state index contributed by atoms with van der Waals surface area (Å²) in [4.78, 5) is 10.1. The highest BCUT2D eigenvalue weighted by atomic mass is 16.6. The summed E-state index contributed by atoms with van der Waals surface area (Å²) in [6, 6.07) is 7.53. The van der Waals surface area contributed by atoms with E-state index >= 15 is 0 Å². The van der Waals surface area contributed by atoms with E-state index in [-0.39, 0.29) is 18.0 Å². The van der Waals surface area contributed by atoms with Crippen molar-refractivity contribution in [1.29, 1.82) is 0 Å². The Kier molecular flexibility index (Phi) is 2.95. The molecule has 0 radical (unpaired) electrons. The maximum absolute atomic E-state index is 10.6. The van der Waals surface area contributed by atoms with Crippen LogP contribution in [0.4, 0.5) is 11.4 Å². The minimum atomic E-state index is -0.501. The lowest BCUT2D eigenvalue weighted by Crippen LogP contribution is -1.99. The summed E-state index contributed by atoms with van der Waals surface area (Å²) in [6.45, 7) is 0.179. The SMILES string of the molecule is Nc1ccc([N+](=O)[O-])cc1OCc1ccco1. The molecular weight excluding hydrogens is 224 g/mol. The van der Waals surface area contributed by atoms with Crippen molar-refractivity contribution in [3.63, 3.8) is 0 Å². The molecule has 6 nitrogen and oxygen atoms in total. The predicted molar refractivity (Wildman–Crippen MR) is 60.5 cm³/mol. The molecule has 0 fully saturated rings. The molecule has 0 spiro atoms. The number of ether oxygens (including phenoxy) is 1. The first-order valence-electron chi connectivity index (χ1n) is 4.86. The number of non-ortho nitro benzene ring substituents is 1. The first-order valence-corrected chi connectivity index (χ1v) is 4.86. The van der Waals surface area contributed by atoms with Crippen molar-refractivity contribution in [2.45, 2.75) is 6.61 Å². The van der Waals surface area contributed by atoms with Gasteiger partial charge >= 0.3 is 0 Å². The average Bonchev–Trinajstić information content (AvgIpc) is 2.80. The van der Waals surface area contributed by atoms with Crippen molar-refractivity contribution in [2.24, 2.45) is 0 Å². The van der Waals surface area contributed by atoms with Crippen LogP contribution in [-0.4, -0.2) is 4.92 Å². The van der Waals surface area contributed by atoms with E-state index in [1.807, 2.05) is 0 Å². The van der Waals surface area contributed by atoms with E-state index in [0.29, 0.717) is 11.4 Å². The summed E-state index contributed by atoms with van der Waals surface area (Å²) in [7, 11) is 0. The molecule has 1 aromatic heterocycles. The quantitative estimate of drug-likeness (QED) is 0.498. The number of anilines is 1. The normalized spacial score (nSPS) is 10.1. The van der Waals surface area contributed by atoms with Crippen LogP contribution in [0.1, 0.15) is 5.76 Å². The molecule has 6 heteroatoms. The summed E-state index contributed by atoms with van der Waals surface area (Å²) < 4.78 is 10.4. The second-order valence-corrected chi connectivity index (χ2v) is 3.35. The minimum absolute atomic E-state index is 0.0614. The molecule has 0 aliphatic heterocycles. The third kappa shape index (κ3) is 2.54. The topological polar surface area (TPSA) is 91.5 Å². The van der Waals surface area contributed by atoms with Gasteiger partial charge in [-0.25, -0.2) is 0 Å². The van der Waals surface area contributed by atoms with Crippen LogP contribution in [0, 0.1) is 10.1 Å². The van der Waals surface area contributed by atoms with Gasteiger partial charge in [0, 0.05) is 6.07 Å². The molecule has 2 aromatic rings. The molecule has 1 heterocycles. The lowest BCUT2D eigenvalue weighted by Gasteiger charge is -2.06. The first kappa shape index (κ1) is 11.0. The molecule has 88 valence electrons. The van der Waals surface area contributed by atoms with E-state index in [4.69, 9.17) is 14.9 Å². The van der Waals surface area contributed by atoms with E-state index in [0.717, 1.165) is 0 Å². The second-order valence-electron chi connectivity index (χ2n) is 3.35. The van der Waals surface area contributed by atoms with Gasteiger partial charge in [-0.15, -0.1) is 0 Å². The van der Waals surface area contributed by atoms with Crippen LogP contribution < -0.4 is 10.5 Å². The van der Waals surface area contributed by atoms with Gasteiger partial charge < -0.3 is 14.9 Å². The van der Waals surface area contributed by atoms with Gasteiger partial charge in [0.2, 0.25) is 0 Å². The number of benzene rings is 1. The number of nitrogens with zero attached hydrogens (tertiary/aromatic N) is 1. The maximum atomic E-state index is 10.6.